The molecule has 0 radical (unpaired) electrons. The second-order valence-electron chi connectivity index (χ2n) is 12.5. The van der Waals surface area contributed by atoms with Gasteiger partial charge in [-0.15, -0.1) is 0 Å². The number of fused-ring (bicyclic) bond motifs is 1. The molecule has 0 saturated heterocycles. The van der Waals surface area contributed by atoms with Gasteiger partial charge in [-0.05, 0) is 71.2 Å². The molecule has 1 aromatic heterocycles. The molecule has 4 nitrogen and oxygen atoms in total. The van der Waals surface area contributed by atoms with Crippen molar-refractivity contribution in [3.63, 3.8) is 0 Å². The fraction of sp³-hybridized carbons (Fsp3) is 0.136. The number of hydrogen-bond acceptors (Lipinski definition) is 4. The normalized spacial score (nSPS) is 19.7. The van der Waals surface area contributed by atoms with Crippen LogP contribution in [-0.2, 0) is 0 Å². The fourth-order valence-electron chi connectivity index (χ4n) is 7.05. The molecule has 4 aliphatic carbocycles. The Morgan fingerprint density at radius 2 is 1.38 bits per heavy atom. The van der Waals surface area contributed by atoms with E-state index in [0.29, 0.717) is 11.4 Å². The second-order valence-corrected chi connectivity index (χ2v) is 12.5. The van der Waals surface area contributed by atoms with Crippen LogP contribution in [0.5, 0.6) is 0 Å². The molecule has 0 bridgehead atoms. The Labute approximate surface area is 282 Å². The van der Waals surface area contributed by atoms with Crippen molar-refractivity contribution >= 4 is 16.7 Å². The van der Waals surface area contributed by atoms with E-state index in [0.717, 1.165) is 65.2 Å². The number of rotatable bonds is 6. The Hall–Kier alpha value is -5.92. The van der Waals surface area contributed by atoms with Crippen LogP contribution in [0.3, 0.4) is 0 Å². The van der Waals surface area contributed by atoms with Gasteiger partial charge < -0.3 is 0 Å². The lowest BCUT2D eigenvalue weighted by atomic mass is 9.71. The molecule has 0 N–H and O–H groups in total. The molecule has 0 saturated carbocycles. The lowest BCUT2D eigenvalue weighted by Crippen LogP contribution is -2.21. The van der Waals surface area contributed by atoms with E-state index in [-0.39, 0.29) is 11.8 Å². The summed E-state index contributed by atoms with van der Waals surface area (Å²) in [5, 5.41) is 9.16. The molecule has 0 aliphatic heterocycles. The van der Waals surface area contributed by atoms with Crippen LogP contribution in [-0.4, -0.2) is 15.0 Å². The van der Waals surface area contributed by atoms with E-state index in [1.54, 1.807) is 0 Å². The van der Waals surface area contributed by atoms with Crippen molar-refractivity contribution in [3.05, 3.63) is 180 Å². The first kappa shape index (κ1) is 29.5. The third-order valence-electron chi connectivity index (χ3n) is 9.57. The van der Waals surface area contributed by atoms with Crippen LogP contribution in [0, 0.1) is 23.2 Å². The highest BCUT2D eigenvalue weighted by Crippen LogP contribution is 2.44. The standard InChI is InChI=1S/C44H34N4/c45-29-30-18-20-31(21-19-30)32-22-24-33(25-23-32)38-26-27-39(41-17-8-7-16-40(38)41)36-14-9-15-37(28-36)44-47-42(34-10-3-1-4-11-34)46-43(48-44)35-12-5-2-6-13-35/h1-5,7-8,10-12,15-28,39,41H,6,9,13-14H2. The largest absolute Gasteiger partial charge is 0.209 e. The molecule has 3 aromatic carbocycles. The lowest BCUT2D eigenvalue weighted by Gasteiger charge is -2.33. The lowest BCUT2D eigenvalue weighted by molar-refractivity contribution is 0.586. The number of nitriles is 1. The quantitative estimate of drug-likeness (QED) is 0.216. The summed E-state index contributed by atoms with van der Waals surface area (Å²) in [7, 11) is 0. The summed E-state index contributed by atoms with van der Waals surface area (Å²) in [6.07, 6.45) is 28.6. The highest BCUT2D eigenvalue weighted by Gasteiger charge is 2.30. The molecule has 4 aliphatic rings. The van der Waals surface area contributed by atoms with Gasteiger partial charge in [0.05, 0.1) is 11.6 Å². The van der Waals surface area contributed by atoms with Crippen molar-refractivity contribution < 1.29 is 0 Å². The van der Waals surface area contributed by atoms with Crippen LogP contribution in [0.1, 0.15) is 48.5 Å². The van der Waals surface area contributed by atoms with Crippen LogP contribution in [0.4, 0.5) is 0 Å². The number of nitrogens with zero attached hydrogens (tertiary/aromatic N) is 4. The first-order valence-electron chi connectivity index (χ1n) is 16.7. The van der Waals surface area contributed by atoms with Crippen molar-refractivity contribution in [1.82, 2.24) is 15.0 Å². The SMILES string of the molecule is N#Cc1ccc(-c2ccc(C3=C4C=CC=CC4C(C4=CC(c5nc(C6=CC=CCC6)nc(-c6ccccc6)n5)=CCC4)C=C3)cc2)cc1. The predicted molar refractivity (Wildman–Crippen MR) is 195 cm³/mol. The number of hydrogen-bond donors (Lipinski definition) is 0. The topological polar surface area (TPSA) is 62.5 Å². The molecule has 230 valence electrons. The van der Waals surface area contributed by atoms with Crippen molar-refractivity contribution in [2.75, 3.05) is 0 Å². The summed E-state index contributed by atoms with van der Waals surface area (Å²) < 4.78 is 0. The molecule has 48 heavy (non-hydrogen) atoms. The van der Waals surface area contributed by atoms with Gasteiger partial charge in [-0.3, -0.25) is 0 Å². The predicted octanol–water partition coefficient (Wildman–Crippen LogP) is 10.3. The smallest absolute Gasteiger partial charge is 0.164 e. The Morgan fingerprint density at radius 1 is 0.625 bits per heavy atom. The Kier molecular flexibility index (Phi) is 8.02. The average Bonchev–Trinajstić information content (AvgIpc) is 3.18. The van der Waals surface area contributed by atoms with E-state index < -0.39 is 0 Å². The van der Waals surface area contributed by atoms with Crippen LogP contribution in [0.2, 0.25) is 0 Å². The van der Waals surface area contributed by atoms with Gasteiger partial charge in [0, 0.05) is 23.0 Å². The van der Waals surface area contributed by atoms with E-state index in [1.807, 2.05) is 42.5 Å². The van der Waals surface area contributed by atoms with Crippen molar-refractivity contribution in [3.8, 4) is 28.6 Å². The van der Waals surface area contributed by atoms with Gasteiger partial charge in [-0.1, -0.05) is 139 Å². The van der Waals surface area contributed by atoms with Crippen LogP contribution >= 0.6 is 0 Å². The van der Waals surface area contributed by atoms with E-state index in [1.165, 1.54) is 22.3 Å². The average molecular weight is 619 g/mol. The maximum atomic E-state index is 9.16. The fourth-order valence-corrected chi connectivity index (χ4v) is 7.05. The first-order chi connectivity index (χ1) is 23.7. The summed E-state index contributed by atoms with van der Waals surface area (Å²) >= 11 is 0. The first-order valence-corrected chi connectivity index (χ1v) is 16.7. The molecule has 2 atom stereocenters. The van der Waals surface area contributed by atoms with Gasteiger partial charge in [-0.2, -0.15) is 5.26 Å². The Morgan fingerprint density at radius 3 is 2.15 bits per heavy atom. The number of aromatic nitrogens is 3. The van der Waals surface area contributed by atoms with Gasteiger partial charge in [-0.25, -0.2) is 15.0 Å². The van der Waals surface area contributed by atoms with E-state index in [2.05, 4.69) is 109 Å². The molecule has 4 heteroatoms. The highest BCUT2D eigenvalue weighted by molar-refractivity contribution is 5.83. The van der Waals surface area contributed by atoms with Crippen LogP contribution in [0.15, 0.2) is 157 Å². The molecular formula is C44H34N4. The summed E-state index contributed by atoms with van der Waals surface area (Å²) in [6, 6.07) is 29.0. The van der Waals surface area contributed by atoms with Crippen LogP contribution in [0.25, 0.3) is 39.2 Å². The van der Waals surface area contributed by atoms with Gasteiger partial charge in [0.25, 0.3) is 0 Å². The van der Waals surface area contributed by atoms with Crippen molar-refractivity contribution in [2.24, 2.45) is 11.8 Å². The zero-order chi connectivity index (χ0) is 32.3. The maximum Gasteiger partial charge on any atom is 0.164 e. The van der Waals surface area contributed by atoms with Crippen molar-refractivity contribution in [1.29, 1.82) is 5.26 Å². The molecule has 4 aromatic rings. The van der Waals surface area contributed by atoms with E-state index >= 15 is 0 Å². The zero-order valence-corrected chi connectivity index (χ0v) is 26.6. The summed E-state index contributed by atoms with van der Waals surface area (Å²) in [5.74, 6) is 2.73. The van der Waals surface area contributed by atoms with Gasteiger partial charge in [0.15, 0.2) is 17.5 Å². The molecule has 0 fully saturated rings. The zero-order valence-electron chi connectivity index (χ0n) is 26.6. The summed E-state index contributed by atoms with van der Waals surface area (Å²) in [5.41, 5.74) is 11.4. The Balaban J connectivity index is 1.11. The molecule has 8 rings (SSSR count). The molecule has 1 heterocycles. The molecule has 0 spiro atoms. The summed E-state index contributed by atoms with van der Waals surface area (Å²) in [4.78, 5) is 15.0. The monoisotopic (exact) mass is 618 g/mol. The molecule has 2 unspecified atom stereocenters. The summed E-state index contributed by atoms with van der Waals surface area (Å²) in [6.45, 7) is 0. The Bertz CT molecular complexity index is 2160. The van der Waals surface area contributed by atoms with Gasteiger partial charge in [0.2, 0.25) is 0 Å². The minimum absolute atomic E-state index is 0.256. The van der Waals surface area contributed by atoms with E-state index in [4.69, 9.17) is 20.2 Å². The highest BCUT2D eigenvalue weighted by atomic mass is 15.0. The number of benzene rings is 3. The van der Waals surface area contributed by atoms with Crippen molar-refractivity contribution in [2.45, 2.75) is 25.7 Å². The third-order valence-corrected chi connectivity index (χ3v) is 9.57. The second kappa shape index (κ2) is 13.1. The molecule has 0 amide bonds. The minimum atomic E-state index is 0.256. The van der Waals surface area contributed by atoms with E-state index in [9.17, 15) is 0 Å². The number of allylic oxidation sites excluding steroid dienone is 16. The molecular weight excluding hydrogens is 585 g/mol. The van der Waals surface area contributed by atoms with Gasteiger partial charge >= 0.3 is 0 Å². The minimum Gasteiger partial charge on any atom is -0.209 e. The maximum absolute atomic E-state index is 9.16. The third kappa shape index (κ3) is 5.87. The van der Waals surface area contributed by atoms with Crippen LogP contribution < -0.4 is 0 Å². The van der Waals surface area contributed by atoms with Gasteiger partial charge in [0.1, 0.15) is 0 Å².